The smallest absolute Gasteiger partial charge is 0.270 e. The average molecular weight is 640 g/mol. The molecular formula is C34H41N9O4. The summed E-state index contributed by atoms with van der Waals surface area (Å²) in [7, 11) is 0. The summed E-state index contributed by atoms with van der Waals surface area (Å²) in [6, 6.07) is 17.1. The van der Waals surface area contributed by atoms with E-state index >= 15 is 0 Å². The van der Waals surface area contributed by atoms with Crippen LogP contribution in [0.25, 0.3) is 22.5 Å². The van der Waals surface area contributed by atoms with Crippen LogP contribution in [0.3, 0.4) is 0 Å². The van der Waals surface area contributed by atoms with Crippen LogP contribution >= 0.6 is 0 Å². The van der Waals surface area contributed by atoms with E-state index in [4.69, 9.17) is 5.73 Å². The van der Waals surface area contributed by atoms with Crippen molar-refractivity contribution in [2.75, 3.05) is 18.5 Å². The maximum absolute atomic E-state index is 13.6. The van der Waals surface area contributed by atoms with Crippen LogP contribution < -0.4 is 21.7 Å². The van der Waals surface area contributed by atoms with Crippen LogP contribution in [0.15, 0.2) is 60.7 Å². The second-order valence-corrected chi connectivity index (χ2v) is 12.1. The Kier molecular flexibility index (Phi) is 11.0. The number of aliphatic hydroxyl groups is 1. The molecule has 2 aromatic heterocycles. The van der Waals surface area contributed by atoms with Crippen LogP contribution in [0.5, 0.6) is 0 Å². The zero-order valence-corrected chi connectivity index (χ0v) is 26.6. The lowest BCUT2D eigenvalue weighted by Gasteiger charge is -2.28. The van der Waals surface area contributed by atoms with E-state index in [1.54, 1.807) is 37.3 Å². The number of nitrogens with two attached hydrogens (primary N) is 1. The summed E-state index contributed by atoms with van der Waals surface area (Å²) in [4.78, 5) is 43.9. The summed E-state index contributed by atoms with van der Waals surface area (Å²) < 4.78 is 0. The monoisotopic (exact) mass is 639 g/mol. The molecule has 0 aliphatic heterocycles. The summed E-state index contributed by atoms with van der Waals surface area (Å²) in [5.74, 6) is -0.0655. The molecule has 47 heavy (non-hydrogen) atoms. The van der Waals surface area contributed by atoms with Gasteiger partial charge in [-0.05, 0) is 98.7 Å². The number of benzene rings is 2. The first-order chi connectivity index (χ1) is 22.7. The predicted molar refractivity (Wildman–Crippen MR) is 177 cm³/mol. The second-order valence-electron chi connectivity index (χ2n) is 12.1. The summed E-state index contributed by atoms with van der Waals surface area (Å²) in [5, 5.41) is 31.9. The van der Waals surface area contributed by atoms with E-state index in [1.807, 2.05) is 37.3 Å². The van der Waals surface area contributed by atoms with Crippen molar-refractivity contribution < 1.29 is 19.5 Å². The highest BCUT2D eigenvalue weighted by atomic mass is 16.3. The Morgan fingerprint density at radius 2 is 1.66 bits per heavy atom. The van der Waals surface area contributed by atoms with E-state index in [1.165, 1.54) is 0 Å². The van der Waals surface area contributed by atoms with Crippen molar-refractivity contribution in [3.63, 3.8) is 0 Å². The number of carbonyl (C=O) groups excluding carboxylic acids is 3. The number of H-pyrrole nitrogens is 1. The first kappa shape index (κ1) is 33.4. The molecule has 2 aromatic carbocycles. The number of hydrogen-bond donors (Lipinski definition) is 6. The van der Waals surface area contributed by atoms with Gasteiger partial charge >= 0.3 is 0 Å². The van der Waals surface area contributed by atoms with Crippen molar-refractivity contribution in [1.82, 2.24) is 36.2 Å². The van der Waals surface area contributed by atoms with Gasteiger partial charge in [0.05, 0.1) is 6.61 Å². The van der Waals surface area contributed by atoms with Crippen molar-refractivity contribution >= 4 is 23.4 Å². The third kappa shape index (κ3) is 8.63. The van der Waals surface area contributed by atoms with Crippen LogP contribution in [0.1, 0.15) is 54.4 Å². The Morgan fingerprint density at radius 1 is 0.957 bits per heavy atom. The number of carbonyl (C=O) groups is 3. The van der Waals surface area contributed by atoms with Crippen molar-refractivity contribution in [3.8, 4) is 22.5 Å². The van der Waals surface area contributed by atoms with Gasteiger partial charge in [-0.15, -0.1) is 10.2 Å². The minimum Gasteiger partial charge on any atom is -0.394 e. The number of amides is 3. The summed E-state index contributed by atoms with van der Waals surface area (Å²) >= 11 is 0. The molecular weight excluding hydrogens is 598 g/mol. The van der Waals surface area contributed by atoms with Gasteiger partial charge in [0.15, 0.2) is 0 Å². The first-order valence-electron chi connectivity index (χ1n) is 15.9. The highest BCUT2D eigenvalue weighted by molar-refractivity contribution is 5.98. The molecule has 5 rings (SSSR count). The minimum atomic E-state index is -0.806. The lowest BCUT2D eigenvalue weighted by Crippen LogP contribution is -2.48. The van der Waals surface area contributed by atoms with Gasteiger partial charge < -0.3 is 26.8 Å². The largest absolute Gasteiger partial charge is 0.394 e. The van der Waals surface area contributed by atoms with Crippen molar-refractivity contribution in [2.24, 2.45) is 17.6 Å². The number of aryl methyl sites for hydroxylation is 1. The van der Waals surface area contributed by atoms with Crippen LogP contribution in [-0.2, 0) is 16.0 Å². The van der Waals surface area contributed by atoms with Gasteiger partial charge in [0, 0.05) is 40.9 Å². The van der Waals surface area contributed by atoms with E-state index in [0.717, 1.165) is 47.9 Å². The highest BCUT2D eigenvalue weighted by Crippen LogP contribution is 2.29. The molecule has 0 bridgehead atoms. The zero-order chi connectivity index (χ0) is 33.3. The maximum atomic E-state index is 13.6. The van der Waals surface area contributed by atoms with E-state index in [9.17, 15) is 19.5 Å². The molecule has 13 nitrogen and oxygen atoms in total. The number of tetrazole rings is 1. The Hall–Kier alpha value is -5.01. The average Bonchev–Trinajstić information content (AvgIpc) is 3.64. The van der Waals surface area contributed by atoms with Gasteiger partial charge in [-0.3, -0.25) is 14.4 Å². The summed E-state index contributed by atoms with van der Waals surface area (Å²) in [5.41, 5.74) is 10.8. The number of rotatable bonds is 12. The number of aromatic amines is 1. The van der Waals surface area contributed by atoms with Gasteiger partial charge in [0.1, 0.15) is 11.7 Å². The second kappa shape index (κ2) is 15.5. The molecule has 7 N–H and O–H groups in total. The lowest BCUT2D eigenvalue weighted by atomic mass is 9.81. The molecule has 3 amide bonds. The quantitative estimate of drug-likeness (QED) is 0.135. The molecule has 4 aromatic rings. The van der Waals surface area contributed by atoms with Crippen LogP contribution in [0.2, 0.25) is 0 Å². The number of aromatic nitrogens is 5. The number of anilines is 1. The molecule has 1 saturated carbocycles. The Morgan fingerprint density at radius 3 is 2.28 bits per heavy atom. The number of nitrogens with zero attached hydrogens (tertiary/aromatic N) is 4. The fourth-order valence-corrected chi connectivity index (χ4v) is 5.77. The predicted octanol–water partition coefficient (Wildman–Crippen LogP) is 2.78. The standard InChI is InChI=1S/C34H41N9O4/c1-20(19-44)36-33(46)29-16-15-28(21(2)37-29)24-7-3-22(4-8-24)17-30(39-32(45)26-9-5-23(18-35)6-10-26)34(47)38-27-13-11-25(12-14-27)31-40-42-43-41-31/h3-4,7-8,11-16,20,23,26,30,44H,5-6,9-10,17-19,35H2,1-2H3,(H,36,46)(H,38,47)(H,39,45)(H,40,41,42,43)/t20-,23?,26?,30+/m1/s1. The van der Waals surface area contributed by atoms with E-state index in [2.05, 4.69) is 41.6 Å². The topological polar surface area (TPSA) is 201 Å². The SMILES string of the molecule is Cc1nc(C(=O)N[C@H](C)CO)ccc1-c1ccc(C[C@H](NC(=O)C2CCC(CN)CC2)C(=O)Nc2ccc(-c3nn[nH]n3)cc2)cc1. The van der Waals surface area contributed by atoms with Crippen LogP contribution in [0, 0.1) is 18.8 Å². The number of pyridine rings is 1. The number of hydrogen-bond acceptors (Lipinski definition) is 9. The molecule has 0 saturated heterocycles. The van der Waals surface area contributed by atoms with Gasteiger partial charge in [-0.25, -0.2) is 4.98 Å². The van der Waals surface area contributed by atoms with Gasteiger partial charge in [0.25, 0.3) is 5.91 Å². The summed E-state index contributed by atoms with van der Waals surface area (Å²) in [6.45, 7) is 4.01. The van der Waals surface area contributed by atoms with Crippen LogP contribution in [-0.4, -0.2) is 73.7 Å². The summed E-state index contributed by atoms with van der Waals surface area (Å²) in [6.07, 6.45) is 3.60. The third-order valence-electron chi connectivity index (χ3n) is 8.61. The zero-order valence-electron chi connectivity index (χ0n) is 26.6. The maximum Gasteiger partial charge on any atom is 0.270 e. The fraction of sp³-hybridized carbons (Fsp3) is 0.382. The minimum absolute atomic E-state index is 0.121. The molecule has 2 atom stereocenters. The number of aliphatic hydroxyl groups excluding tert-OH is 1. The van der Waals surface area contributed by atoms with Crippen molar-refractivity contribution in [1.29, 1.82) is 0 Å². The van der Waals surface area contributed by atoms with E-state index in [0.29, 0.717) is 29.7 Å². The molecule has 246 valence electrons. The normalized spacial score (nSPS) is 17.4. The Balaban J connectivity index is 1.29. The molecule has 1 aliphatic rings. The molecule has 1 aliphatic carbocycles. The molecule has 13 heteroatoms. The van der Waals surface area contributed by atoms with E-state index in [-0.39, 0.29) is 48.4 Å². The molecule has 0 spiro atoms. The third-order valence-corrected chi connectivity index (χ3v) is 8.61. The van der Waals surface area contributed by atoms with Gasteiger partial charge in [-0.2, -0.15) is 5.21 Å². The van der Waals surface area contributed by atoms with Crippen LogP contribution in [0.4, 0.5) is 5.69 Å². The highest BCUT2D eigenvalue weighted by Gasteiger charge is 2.29. The Bertz CT molecular complexity index is 1650. The molecule has 0 radical (unpaired) electrons. The van der Waals surface area contributed by atoms with Gasteiger partial charge in [0.2, 0.25) is 17.6 Å². The number of nitrogens with one attached hydrogen (secondary N) is 4. The van der Waals surface area contributed by atoms with Crippen molar-refractivity contribution in [3.05, 3.63) is 77.6 Å². The lowest BCUT2D eigenvalue weighted by molar-refractivity contribution is -0.130. The fourth-order valence-electron chi connectivity index (χ4n) is 5.77. The first-order valence-corrected chi connectivity index (χ1v) is 15.9. The molecule has 2 heterocycles. The van der Waals surface area contributed by atoms with Crippen molar-refractivity contribution in [2.45, 2.75) is 58.0 Å². The molecule has 1 fully saturated rings. The molecule has 0 unspecified atom stereocenters. The van der Waals surface area contributed by atoms with E-state index < -0.39 is 6.04 Å². The Labute approximate surface area is 273 Å². The van der Waals surface area contributed by atoms with Gasteiger partial charge in [-0.1, -0.05) is 30.3 Å².